The molecule has 5 heterocycles. The summed E-state index contributed by atoms with van der Waals surface area (Å²) < 4.78 is 52.9. The van der Waals surface area contributed by atoms with Crippen LogP contribution in [0.3, 0.4) is 0 Å². The Morgan fingerprint density at radius 3 is 2.37 bits per heavy atom. The average Bonchev–Trinajstić information content (AvgIpc) is 3.55. The maximum atomic E-state index is 13.9. The van der Waals surface area contributed by atoms with Crippen LogP contribution in [0.1, 0.15) is 17.5 Å². The molecule has 0 amide bonds. The third-order valence-electron chi connectivity index (χ3n) is 7.77. The number of sulfone groups is 1. The van der Waals surface area contributed by atoms with Gasteiger partial charge in [-0.3, -0.25) is 4.90 Å². The zero-order valence-electron chi connectivity index (χ0n) is 22.5. The number of nitrogens with zero attached hydrogens (tertiary/aromatic N) is 7. The van der Waals surface area contributed by atoms with Gasteiger partial charge in [-0.2, -0.15) is 10.4 Å². The number of piperazine rings is 1. The molecule has 0 N–H and O–H groups in total. The highest BCUT2D eigenvalue weighted by Gasteiger charge is 2.38. The van der Waals surface area contributed by atoms with Crippen molar-refractivity contribution in [1.29, 1.82) is 5.26 Å². The third-order valence-corrected chi connectivity index (χ3v) is 8.89. The van der Waals surface area contributed by atoms with Crippen molar-refractivity contribution in [2.75, 3.05) is 55.3 Å². The molecule has 0 unspecified atom stereocenters. The van der Waals surface area contributed by atoms with Gasteiger partial charge in [0.1, 0.15) is 11.9 Å². The molecule has 1 aromatic carbocycles. The number of alkyl halides is 2. The summed E-state index contributed by atoms with van der Waals surface area (Å²) in [6.45, 7) is 3.89. The molecule has 0 atom stereocenters. The highest BCUT2D eigenvalue weighted by molar-refractivity contribution is 7.90. The van der Waals surface area contributed by atoms with Crippen molar-refractivity contribution in [1.82, 2.24) is 19.5 Å². The molecule has 2 fully saturated rings. The first-order chi connectivity index (χ1) is 19.6. The number of aromatic nitrogens is 3. The fraction of sp³-hybridized carbons (Fsp3) is 0.345. The number of fused-ring (bicyclic) bond motifs is 1. The quantitative estimate of drug-likeness (QED) is 0.341. The molecule has 9 nitrogen and oxygen atoms in total. The van der Waals surface area contributed by atoms with Gasteiger partial charge in [0.05, 0.1) is 40.6 Å². The first-order valence-electron chi connectivity index (χ1n) is 13.4. The lowest BCUT2D eigenvalue weighted by molar-refractivity contribution is 0.0257. The molecule has 0 spiro atoms. The standard InChI is InChI=1S/C29H29F2N7O2S/c1-41(39,40)25-5-2-21(3-6-25)18-35-10-12-36(13-11-35)27-7-4-22(16-33-27)26-14-24(37-9-8-29(30,31)20-37)19-38-28(26)23(15-32)17-34-38/h2-7,14,16-17,19H,8-13,18,20H2,1H3. The monoisotopic (exact) mass is 577 g/mol. The summed E-state index contributed by atoms with van der Waals surface area (Å²) >= 11 is 0. The normalized spacial score (nSPS) is 17.7. The fourth-order valence-corrected chi connectivity index (χ4v) is 6.14. The summed E-state index contributed by atoms with van der Waals surface area (Å²) in [5.41, 5.74) is 4.22. The van der Waals surface area contributed by atoms with E-state index < -0.39 is 15.8 Å². The van der Waals surface area contributed by atoms with Crippen LogP contribution in [0, 0.1) is 11.3 Å². The molecule has 4 aromatic rings. The smallest absolute Gasteiger partial charge is 0.266 e. The summed E-state index contributed by atoms with van der Waals surface area (Å²) in [5, 5.41) is 14.0. The maximum absolute atomic E-state index is 13.9. The zero-order chi connectivity index (χ0) is 28.8. The van der Waals surface area contributed by atoms with E-state index in [1.165, 1.54) is 12.5 Å². The summed E-state index contributed by atoms with van der Waals surface area (Å²) in [7, 11) is -3.21. The molecule has 0 bridgehead atoms. The SMILES string of the molecule is CS(=O)(=O)c1ccc(CN2CCN(c3ccc(-c4cc(N5CCC(F)(F)C5)cn5ncc(C#N)c45)cn3)CC2)cc1. The van der Waals surface area contributed by atoms with E-state index in [4.69, 9.17) is 4.98 Å². The van der Waals surface area contributed by atoms with E-state index >= 15 is 0 Å². The minimum atomic E-state index is -3.21. The molecule has 212 valence electrons. The van der Waals surface area contributed by atoms with E-state index in [9.17, 15) is 22.5 Å². The van der Waals surface area contributed by atoms with Gasteiger partial charge in [0.25, 0.3) is 5.92 Å². The highest BCUT2D eigenvalue weighted by atomic mass is 32.2. The predicted molar refractivity (Wildman–Crippen MR) is 152 cm³/mol. The van der Waals surface area contributed by atoms with Crippen LogP contribution in [0.4, 0.5) is 20.3 Å². The second-order valence-electron chi connectivity index (χ2n) is 10.7. The van der Waals surface area contributed by atoms with E-state index in [2.05, 4.69) is 21.0 Å². The molecule has 2 aliphatic heterocycles. The Morgan fingerprint density at radius 1 is 1.00 bits per heavy atom. The van der Waals surface area contributed by atoms with Crippen LogP contribution in [0.2, 0.25) is 0 Å². The molecule has 3 aromatic heterocycles. The van der Waals surface area contributed by atoms with E-state index in [1.807, 2.05) is 30.3 Å². The van der Waals surface area contributed by atoms with E-state index in [0.717, 1.165) is 55.2 Å². The summed E-state index contributed by atoms with van der Waals surface area (Å²) in [6.07, 6.45) is 5.96. The minimum Gasteiger partial charge on any atom is -0.364 e. The summed E-state index contributed by atoms with van der Waals surface area (Å²) in [5.74, 6) is -1.89. The highest BCUT2D eigenvalue weighted by Crippen LogP contribution is 2.35. The number of rotatable bonds is 6. The number of benzene rings is 1. The number of halogens is 2. The van der Waals surface area contributed by atoms with Gasteiger partial charge in [0, 0.05) is 69.3 Å². The Hall–Kier alpha value is -4.08. The van der Waals surface area contributed by atoms with Gasteiger partial charge in [-0.05, 0) is 35.9 Å². The Labute approximate surface area is 237 Å². The molecule has 12 heteroatoms. The van der Waals surface area contributed by atoms with Crippen LogP contribution in [0.25, 0.3) is 16.6 Å². The van der Waals surface area contributed by atoms with Crippen LogP contribution in [0.15, 0.2) is 66.0 Å². The second-order valence-corrected chi connectivity index (χ2v) is 12.7. The summed E-state index contributed by atoms with van der Waals surface area (Å²) in [6, 6.07) is 15.0. The minimum absolute atomic E-state index is 0.193. The fourth-order valence-electron chi connectivity index (χ4n) is 5.51. The van der Waals surface area contributed by atoms with Crippen molar-refractivity contribution in [3.63, 3.8) is 0 Å². The number of hydrogen-bond donors (Lipinski definition) is 0. The van der Waals surface area contributed by atoms with Crippen LogP contribution < -0.4 is 9.80 Å². The van der Waals surface area contributed by atoms with Crippen molar-refractivity contribution in [3.8, 4) is 17.2 Å². The Bertz CT molecular complexity index is 1720. The first kappa shape index (κ1) is 27.1. The lowest BCUT2D eigenvalue weighted by atomic mass is 10.0. The molecular weight excluding hydrogens is 548 g/mol. The number of pyridine rings is 2. The topological polar surface area (TPSA) is 97.8 Å². The zero-order valence-corrected chi connectivity index (χ0v) is 23.4. The van der Waals surface area contributed by atoms with Gasteiger partial charge in [0.2, 0.25) is 0 Å². The van der Waals surface area contributed by atoms with E-state index in [-0.39, 0.29) is 19.5 Å². The molecule has 0 saturated carbocycles. The van der Waals surface area contributed by atoms with Crippen molar-refractivity contribution in [2.45, 2.75) is 23.8 Å². The Morgan fingerprint density at radius 2 is 1.76 bits per heavy atom. The molecule has 2 saturated heterocycles. The van der Waals surface area contributed by atoms with Crippen molar-refractivity contribution in [2.24, 2.45) is 0 Å². The summed E-state index contributed by atoms with van der Waals surface area (Å²) in [4.78, 5) is 11.2. The van der Waals surface area contributed by atoms with Gasteiger partial charge in [0.15, 0.2) is 9.84 Å². The van der Waals surface area contributed by atoms with Crippen molar-refractivity contribution in [3.05, 3.63) is 72.2 Å². The first-order valence-corrected chi connectivity index (χ1v) is 15.3. The maximum Gasteiger partial charge on any atom is 0.266 e. The number of nitriles is 1. The van der Waals surface area contributed by atoms with Gasteiger partial charge < -0.3 is 9.80 Å². The van der Waals surface area contributed by atoms with Crippen LogP contribution in [-0.2, 0) is 16.4 Å². The molecule has 0 radical (unpaired) electrons. The number of anilines is 2. The molecular formula is C29H29F2N7O2S. The molecule has 6 rings (SSSR count). The average molecular weight is 578 g/mol. The Kier molecular flexibility index (Phi) is 6.87. The Balaban J connectivity index is 1.17. The van der Waals surface area contributed by atoms with Gasteiger partial charge in [-0.25, -0.2) is 26.7 Å². The predicted octanol–water partition coefficient (Wildman–Crippen LogP) is 3.84. The third kappa shape index (κ3) is 5.60. The molecule has 0 aliphatic carbocycles. The van der Waals surface area contributed by atoms with E-state index in [0.29, 0.717) is 21.7 Å². The van der Waals surface area contributed by atoms with Crippen molar-refractivity contribution < 1.29 is 17.2 Å². The molecule has 2 aliphatic rings. The lowest BCUT2D eigenvalue weighted by Crippen LogP contribution is -2.46. The van der Waals surface area contributed by atoms with Crippen LogP contribution in [-0.4, -0.2) is 79.4 Å². The van der Waals surface area contributed by atoms with Crippen LogP contribution in [0.5, 0.6) is 0 Å². The largest absolute Gasteiger partial charge is 0.364 e. The second kappa shape index (κ2) is 10.4. The van der Waals surface area contributed by atoms with E-state index in [1.54, 1.807) is 33.9 Å². The number of hydrogen-bond acceptors (Lipinski definition) is 8. The lowest BCUT2D eigenvalue weighted by Gasteiger charge is -2.35. The van der Waals surface area contributed by atoms with Gasteiger partial charge in [-0.15, -0.1) is 0 Å². The van der Waals surface area contributed by atoms with Crippen molar-refractivity contribution >= 4 is 26.9 Å². The van der Waals surface area contributed by atoms with Crippen LogP contribution >= 0.6 is 0 Å². The van der Waals surface area contributed by atoms with Gasteiger partial charge >= 0.3 is 0 Å². The molecule has 41 heavy (non-hydrogen) atoms. The van der Waals surface area contributed by atoms with Gasteiger partial charge in [-0.1, -0.05) is 12.1 Å².